The number of aromatic nitrogens is 1. The maximum atomic E-state index is 10.7. The highest BCUT2D eigenvalue weighted by molar-refractivity contribution is 5.82. The number of nitrogens with zero attached hydrogens (tertiary/aromatic N) is 2. The lowest BCUT2D eigenvalue weighted by Crippen LogP contribution is -1.97. The van der Waals surface area contributed by atoms with E-state index in [0.717, 1.165) is 36.7 Å². The summed E-state index contributed by atoms with van der Waals surface area (Å²) < 4.78 is 2.03. The van der Waals surface area contributed by atoms with Crippen molar-refractivity contribution in [2.75, 3.05) is 6.61 Å². The van der Waals surface area contributed by atoms with Gasteiger partial charge in [-0.1, -0.05) is 0 Å². The molecule has 5 heteroatoms. The first kappa shape index (κ1) is 12.6. The molecule has 0 saturated heterocycles. The molecule has 0 bridgehead atoms. The second kappa shape index (κ2) is 5.64. The fourth-order valence-corrected chi connectivity index (χ4v) is 2.05. The standard InChI is InChI=1S/C13H16N2O3/c16-9-3-1-2-7-14-8-6-11-4-5-12(15(17)18)10-13(11)14/h4-6,8,10,16H,1-3,7,9H2. The Kier molecular flexibility index (Phi) is 3.94. The Morgan fingerprint density at radius 1 is 1.22 bits per heavy atom. The molecule has 0 radical (unpaired) electrons. The van der Waals surface area contributed by atoms with Crippen LogP contribution in [0, 0.1) is 10.1 Å². The Labute approximate surface area is 105 Å². The number of benzene rings is 1. The van der Waals surface area contributed by atoms with Crippen molar-refractivity contribution in [2.24, 2.45) is 0 Å². The van der Waals surface area contributed by atoms with Crippen LogP contribution >= 0.6 is 0 Å². The fraction of sp³-hybridized carbons (Fsp3) is 0.385. The Morgan fingerprint density at radius 2 is 2.06 bits per heavy atom. The van der Waals surface area contributed by atoms with Crippen LogP contribution in [0.5, 0.6) is 0 Å². The lowest BCUT2D eigenvalue weighted by Gasteiger charge is -2.04. The number of unbranched alkanes of at least 4 members (excludes halogenated alkanes) is 2. The zero-order valence-electron chi connectivity index (χ0n) is 10.1. The number of fused-ring (bicyclic) bond motifs is 1. The van der Waals surface area contributed by atoms with Crippen molar-refractivity contribution in [3.8, 4) is 0 Å². The topological polar surface area (TPSA) is 68.3 Å². The van der Waals surface area contributed by atoms with E-state index in [2.05, 4.69) is 0 Å². The third kappa shape index (κ3) is 2.68. The van der Waals surface area contributed by atoms with Gasteiger partial charge in [0.05, 0.1) is 10.4 Å². The van der Waals surface area contributed by atoms with E-state index in [1.165, 1.54) is 6.07 Å². The SMILES string of the molecule is O=[N+]([O-])c1ccc2ccn(CCCCCO)c2c1. The van der Waals surface area contributed by atoms with E-state index in [1.807, 2.05) is 16.8 Å². The molecule has 1 aromatic carbocycles. The molecule has 2 aromatic rings. The quantitative estimate of drug-likeness (QED) is 0.485. The van der Waals surface area contributed by atoms with Crippen molar-refractivity contribution in [2.45, 2.75) is 25.8 Å². The molecule has 0 saturated carbocycles. The third-order valence-electron chi connectivity index (χ3n) is 3.03. The molecule has 18 heavy (non-hydrogen) atoms. The predicted molar refractivity (Wildman–Crippen MR) is 69.5 cm³/mol. The smallest absolute Gasteiger partial charge is 0.271 e. The maximum Gasteiger partial charge on any atom is 0.271 e. The van der Waals surface area contributed by atoms with Gasteiger partial charge in [-0.3, -0.25) is 10.1 Å². The number of aliphatic hydroxyl groups is 1. The van der Waals surface area contributed by atoms with E-state index >= 15 is 0 Å². The predicted octanol–water partition coefficient (Wildman–Crippen LogP) is 2.71. The van der Waals surface area contributed by atoms with Crippen LogP contribution < -0.4 is 0 Å². The van der Waals surface area contributed by atoms with Gasteiger partial charge in [-0.15, -0.1) is 0 Å². The van der Waals surface area contributed by atoms with Crippen LogP contribution in [0.3, 0.4) is 0 Å². The Hall–Kier alpha value is -1.88. The maximum absolute atomic E-state index is 10.7. The Morgan fingerprint density at radius 3 is 2.78 bits per heavy atom. The largest absolute Gasteiger partial charge is 0.396 e. The molecule has 1 N–H and O–H groups in total. The molecule has 0 spiro atoms. The Bertz CT molecular complexity index is 548. The van der Waals surface area contributed by atoms with Crippen LogP contribution in [0.25, 0.3) is 10.9 Å². The van der Waals surface area contributed by atoms with Gasteiger partial charge in [-0.25, -0.2) is 0 Å². The highest BCUT2D eigenvalue weighted by Gasteiger charge is 2.08. The van der Waals surface area contributed by atoms with E-state index in [4.69, 9.17) is 5.11 Å². The van der Waals surface area contributed by atoms with Crippen molar-refractivity contribution in [3.63, 3.8) is 0 Å². The number of nitro benzene ring substituents is 1. The molecule has 0 aliphatic rings. The third-order valence-corrected chi connectivity index (χ3v) is 3.03. The molecule has 0 amide bonds. The normalized spacial score (nSPS) is 10.9. The summed E-state index contributed by atoms with van der Waals surface area (Å²) in [5.41, 5.74) is 1.02. The summed E-state index contributed by atoms with van der Waals surface area (Å²) in [6.07, 6.45) is 4.69. The summed E-state index contributed by atoms with van der Waals surface area (Å²) >= 11 is 0. The van der Waals surface area contributed by atoms with E-state index in [1.54, 1.807) is 12.1 Å². The van der Waals surface area contributed by atoms with Crippen molar-refractivity contribution in [3.05, 3.63) is 40.6 Å². The number of aryl methyl sites for hydroxylation is 1. The first-order valence-corrected chi connectivity index (χ1v) is 6.06. The molecule has 1 aromatic heterocycles. The van der Waals surface area contributed by atoms with E-state index < -0.39 is 0 Å². The summed E-state index contributed by atoms with van der Waals surface area (Å²) in [7, 11) is 0. The molecule has 1 heterocycles. The first-order chi connectivity index (χ1) is 8.72. The van der Waals surface area contributed by atoms with Crippen LogP contribution in [0.15, 0.2) is 30.5 Å². The zero-order chi connectivity index (χ0) is 13.0. The number of hydrogen-bond donors (Lipinski definition) is 1. The molecule has 96 valence electrons. The summed E-state index contributed by atoms with van der Waals surface area (Å²) in [4.78, 5) is 10.4. The summed E-state index contributed by atoms with van der Waals surface area (Å²) in [6, 6.07) is 6.88. The monoisotopic (exact) mass is 248 g/mol. The highest BCUT2D eigenvalue weighted by Crippen LogP contribution is 2.22. The summed E-state index contributed by atoms with van der Waals surface area (Å²) in [5.74, 6) is 0. The lowest BCUT2D eigenvalue weighted by atomic mass is 10.2. The van der Waals surface area contributed by atoms with Crippen LogP contribution in [-0.2, 0) is 6.54 Å². The second-order valence-electron chi connectivity index (χ2n) is 4.29. The zero-order valence-corrected chi connectivity index (χ0v) is 10.1. The number of rotatable bonds is 6. The van der Waals surface area contributed by atoms with E-state index in [0.29, 0.717) is 0 Å². The second-order valence-corrected chi connectivity index (χ2v) is 4.29. The van der Waals surface area contributed by atoms with Crippen LogP contribution in [0.1, 0.15) is 19.3 Å². The van der Waals surface area contributed by atoms with Gasteiger partial charge in [0.15, 0.2) is 0 Å². The van der Waals surface area contributed by atoms with Crippen molar-refractivity contribution >= 4 is 16.6 Å². The molecule has 2 rings (SSSR count). The van der Waals surface area contributed by atoms with Crippen LogP contribution in [-0.4, -0.2) is 21.2 Å². The molecular formula is C13H16N2O3. The minimum absolute atomic E-state index is 0.123. The number of non-ortho nitro benzene ring substituents is 1. The van der Waals surface area contributed by atoms with E-state index in [9.17, 15) is 10.1 Å². The summed E-state index contributed by atoms with van der Waals surface area (Å²) in [6.45, 7) is 1.04. The molecule has 0 aliphatic heterocycles. The van der Waals surface area contributed by atoms with Gasteiger partial charge in [0.25, 0.3) is 5.69 Å². The van der Waals surface area contributed by atoms with Crippen molar-refractivity contribution in [1.82, 2.24) is 4.57 Å². The first-order valence-electron chi connectivity index (χ1n) is 6.06. The molecule has 5 nitrogen and oxygen atoms in total. The average molecular weight is 248 g/mol. The highest BCUT2D eigenvalue weighted by atomic mass is 16.6. The van der Waals surface area contributed by atoms with Gasteiger partial charge in [0.1, 0.15) is 0 Å². The minimum atomic E-state index is -0.372. The molecular weight excluding hydrogens is 232 g/mol. The molecule has 0 fully saturated rings. The number of nitro groups is 1. The van der Waals surface area contributed by atoms with E-state index in [-0.39, 0.29) is 17.2 Å². The van der Waals surface area contributed by atoms with Gasteiger partial charge < -0.3 is 9.67 Å². The van der Waals surface area contributed by atoms with Crippen molar-refractivity contribution in [1.29, 1.82) is 0 Å². The van der Waals surface area contributed by atoms with Gasteiger partial charge in [-0.2, -0.15) is 0 Å². The molecule has 0 aliphatic carbocycles. The lowest BCUT2D eigenvalue weighted by molar-refractivity contribution is -0.384. The Balaban J connectivity index is 2.17. The van der Waals surface area contributed by atoms with Gasteiger partial charge in [0.2, 0.25) is 0 Å². The molecule has 0 unspecified atom stereocenters. The summed E-state index contributed by atoms with van der Waals surface area (Å²) in [5, 5.41) is 20.5. The van der Waals surface area contributed by atoms with Crippen LogP contribution in [0.4, 0.5) is 5.69 Å². The average Bonchev–Trinajstić information content (AvgIpc) is 2.77. The van der Waals surface area contributed by atoms with Crippen molar-refractivity contribution < 1.29 is 10.0 Å². The van der Waals surface area contributed by atoms with Gasteiger partial charge in [0, 0.05) is 36.9 Å². The molecule has 0 atom stereocenters. The van der Waals surface area contributed by atoms with Crippen LogP contribution in [0.2, 0.25) is 0 Å². The van der Waals surface area contributed by atoms with Gasteiger partial charge in [-0.05, 0) is 31.4 Å². The minimum Gasteiger partial charge on any atom is -0.396 e. The van der Waals surface area contributed by atoms with Gasteiger partial charge >= 0.3 is 0 Å². The number of hydrogen-bond acceptors (Lipinski definition) is 3. The number of aliphatic hydroxyl groups excluding tert-OH is 1. The fourth-order valence-electron chi connectivity index (χ4n) is 2.05.